The average molecular weight is 393 g/mol. The lowest BCUT2D eigenvalue weighted by Crippen LogP contribution is -2.06. The van der Waals surface area contributed by atoms with Crippen LogP contribution in [0.2, 0.25) is 5.02 Å². The molecule has 0 aliphatic rings. The first-order valence-electron chi connectivity index (χ1n) is 5.39. The van der Waals surface area contributed by atoms with Crippen LogP contribution in [-0.2, 0) is 6.42 Å². The van der Waals surface area contributed by atoms with E-state index in [0.717, 1.165) is 21.8 Å². The Morgan fingerprint density at radius 1 is 1.11 bits per heavy atom. The first-order chi connectivity index (χ1) is 8.95. The molecule has 0 saturated carbocycles. The van der Waals surface area contributed by atoms with E-state index in [9.17, 15) is 13.6 Å². The Balaban J connectivity index is 2.28. The number of halogens is 4. The summed E-state index contributed by atoms with van der Waals surface area (Å²) in [6, 6.07) is 8.04. The summed E-state index contributed by atoms with van der Waals surface area (Å²) in [7, 11) is 0. The van der Waals surface area contributed by atoms with Gasteiger partial charge < -0.3 is 0 Å². The van der Waals surface area contributed by atoms with E-state index < -0.39 is 11.6 Å². The first kappa shape index (κ1) is 14.4. The van der Waals surface area contributed by atoms with E-state index in [2.05, 4.69) is 0 Å². The molecule has 2 aromatic carbocycles. The molecule has 0 heterocycles. The maximum absolute atomic E-state index is 13.1. The molecule has 0 aliphatic heterocycles. The van der Waals surface area contributed by atoms with Crippen molar-refractivity contribution in [1.82, 2.24) is 0 Å². The fraction of sp³-hybridized carbons (Fsp3) is 0.0714. The maximum atomic E-state index is 13.1. The highest BCUT2D eigenvalue weighted by Gasteiger charge is 2.12. The van der Waals surface area contributed by atoms with Gasteiger partial charge in [-0.3, -0.25) is 4.79 Å². The average Bonchev–Trinajstić information content (AvgIpc) is 2.30. The number of Topliss-reactive ketones (excluding diaryl/α,β-unsaturated/α-hetero) is 1. The summed E-state index contributed by atoms with van der Waals surface area (Å²) in [6.07, 6.45) is -0.0645. The molecule has 19 heavy (non-hydrogen) atoms. The van der Waals surface area contributed by atoms with Crippen LogP contribution in [0.1, 0.15) is 15.9 Å². The molecule has 0 aliphatic carbocycles. The maximum Gasteiger partial charge on any atom is 0.168 e. The SMILES string of the molecule is O=C(Cc1cc(F)cc(F)c1)c1cc(Cl)ccc1I. The van der Waals surface area contributed by atoms with Crippen molar-refractivity contribution in [1.29, 1.82) is 0 Å². The molecule has 0 unspecified atom stereocenters. The summed E-state index contributed by atoms with van der Waals surface area (Å²) in [4.78, 5) is 12.1. The van der Waals surface area contributed by atoms with Gasteiger partial charge in [-0.2, -0.15) is 0 Å². The topological polar surface area (TPSA) is 17.1 Å². The van der Waals surface area contributed by atoms with Gasteiger partial charge >= 0.3 is 0 Å². The molecule has 0 aromatic heterocycles. The number of hydrogen-bond donors (Lipinski definition) is 0. The Morgan fingerprint density at radius 2 is 1.74 bits per heavy atom. The van der Waals surface area contributed by atoms with Crippen molar-refractivity contribution >= 4 is 40.0 Å². The molecule has 0 saturated heterocycles. The zero-order valence-electron chi connectivity index (χ0n) is 9.59. The minimum atomic E-state index is -0.691. The molecule has 1 nitrogen and oxygen atoms in total. The number of carbonyl (C=O) groups is 1. The third-order valence-electron chi connectivity index (χ3n) is 2.52. The molecule has 0 spiro atoms. The van der Waals surface area contributed by atoms with E-state index in [1.54, 1.807) is 18.2 Å². The molecule has 0 radical (unpaired) electrons. The van der Waals surface area contributed by atoms with E-state index in [1.165, 1.54) is 0 Å². The van der Waals surface area contributed by atoms with Crippen molar-refractivity contribution < 1.29 is 13.6 Å². The van der Waals surface area contributed by atoms with Crippen molar-refractivity contribution in [3.63, 3.8) is 0 Å². The predicted octanol–water partition coefficient (Wildman–Crippen LogP) is 4.65. The lowest BCUT2D eigenvalue weighted by atomic mass is 10.0. The van der Waals surface area contributed by atoms with Gasteiger partial charge in [0, 0.05) is 26.6 Å². The minimum absolute atomic E-state index is 0.0645. The zero-order valence-corrected chi connectivity index (χ0v) is 12.5. The summed E-state index contributed by atoms with van der Waals surface area (Å²) >= 11 is 7.86. The molecule has 0 amide bonds. The van der Waals surface area contributed by atoms with Gasteiger partial charge in [0.25, 0.3) is 0 Å². The van der Waals surface area contributed by atoms with E-state index in [0.29, 0.717) is 16.1 Å². The number of rotatable bonds is 3. The second kappa shape index (κ2) is 5.96. The fourth-order valence-electron chi connectivity index (χ4n) is 1.70. The van der Waals surface area contributed by atoms with Gasteiger partial charge in [-0.25, -0.2) is 8.78 Å². The molecule has 98 valence electrons. The van der Waals surface area contributed by atoms with Gasteiger partial charge in [0.15, 0.2) is 5.78 Å². The summed E-state index contributed by atoms with van der Waals surface area (Å²) in [5.74, 6) is -1.61. The molecular formula is C14H8ClF2IO. The van der Waals surface area contributed by atoms with Crippen LogP contribution < -0.4 is 0 Å². The molecule has 5 heteroatoms. The number of carbonyl (C=O) groups excluding carboxylic acids is 1. The molecule has 0 N–H and O–H groups in total. The summed E-state index contributed by atoms with van der Waals surface area (Å²) in [5.41, 5.74) is 0.760. The first-order valence-corrected chi connectivity index (χ1v) is 6.84. The smallest absolute Gasteiger partial charge is 0.168 e. The van der Waals surface area contributed by atoms with E-state index in [-0.39, 0.29) is 12.2 Å². The molecule has 2 rings (SSSR count). The Bertz CT molecular complexity index is 623. The van der Waals surface area contributed by atoms with Gasteiger partial charge in [0.05, 0.1) is 0 Å². The predicted molar refractivity (Wildman–Crippen MR) is 78.6 cm³/mol. The standard InChI is InChI=1S/C14H8ClF2IO/c15-9-1-2-13(18)12(6-9)14(19)5-8-3-10(16)7-11(17)4-8/h1-4,6-7H,5H2. The highest BCUT2D eigenvalue weighted by molar-refractivity contribution is 14.1. The third-order valence-corrected chi connectivity index (χ3v) is 3.69. The number of hydrogen-bond acceptors (Lipinski definition) is 1. The monoisotopic (exact) mass is 392 g/mol. The largest absolute Gasteiger partial charge is 0.294 e. The van der Waals surface area contributed by atoms with Crippen LogP contribution in [-0.4, -0.2) is 5.78 Å². The van der Waals surface area contributed by atoms with Crippen molar-refractivity contribution in [2.24, 2.45) is 0 Å². The Morgan fingerprint density at radius 3 is 2.37 bits per heavy atom. The fourth-order valence-corrected chi connectivity index (χ4v) is 2.51. The quantitative estimate of drug-likeness (QED) is 0.549. The van der Waals surface area contributed by atoms with Gasteiger partial charge in [-0.15, -0.1) is 0 Å². The molecular weight excluding hydrogens is 385 g/mol. The highest BCUT2D eigenvalue weighted by Crippen LogP contribution is 2.20. The number of benzene rings is 2. The van der Waals surface area contributed by atoms with Crippen LogP contribution in [0.4, 0.5) is 8.78 Å². The molecule has 0 bridgehead atoms. The van der Waals surface area contributed by atoms with Crippen molar-refractivity contribution in [3.8, 4) is 0 Å². The van der Waals surface area contributed by atoms with Gasteiger partial charge in [-0.1, -0.05) is 11.6 Å². The van der Waals surface area contributed by atoms with Crippen LogP contribution >= 0.6 is 34.2 Å². The van der Waals surface area contributed by atoms with Gasteiger partial charge in [0.2, 0.25) is 0 Å². The van der Waals surface area contributed by atoms with Crippen molar-refractivity contribution in [3.05, 3.63) is 67.8 Å². The van der Waals surface area contributed by atoms with Crippen molar-refractivity contribution in [2.45, 2.75) is 6.42 Å². The summed E-state index contributed by atoms with van der Waals surface area (Å²) in [5, 5.41) is 0.453. The summed E-state index contributed by atoms with van der Waals surface area (Å²) < 4.78 is 26.9. The van der Waals surface area contributed by atoms with Crippen LogP contribution in [0, 0.1) is 15.2 Å². The Hall–Kier alpha value is -1.01. The number of ketones is 1. The minimum Gasteiger partial charge on any atom is -0.294 e. The normalized spacial score (nSPS) is 10.5. The van der Waals surface area contributed by atoms with Crippen LogP contribution in [0.15, 0.2) is 36.4 Å². The van der Waals surface area contributed by atoms with E-state index in [1.807, 2.05) is 22.6 Å². The van der Waals surface area contributed by atoms with E-state index >= 15 is 0 Å². The van der Waals surface area contributed by atoms with Crippen LogP contribution in [0.5, 0.6) is 0 Å². The van der Waals surface area contributed by atoms with Crippen LogP contribution in [0.3, 0.4) is 0 Å². The second-order valence-corrected chi connectivity index (χ2v) is 5.60. The second-order valence-electron chi connectivity index (χ2n) is 4.00. The molecule has 2 aromatic rings. The van der Waals surface area contributed by atoms with Crippen molar-refractivity contribution in [2.75, 3.05) is 0 Å². The molecule has 0 fully saturated rings. The van der Waals surface area contributed by atoms with E-state index in [4.69, 9.17) is 11.6 Å². The highest BCUT2D eigenvalue weighted by atomic mass is 127. The zero-order chi connectivity index (χ0) is 14.0. The Labute approximate surface area is 127 Å². The third kappa shape index (κ3) is 3.73. The lowest BCUT2D eigenvalue weighted by Gasteiger charge is -2.05. The van der Waals surface area contributed by atoms with Crippen LogP contribution in [0.25, 0.3) is 0 Å². The van der Waals surface area contributed by atoms with Gasteiger partial charge in [0.1, 0.15) is 11.6 Å². The van der Waals surface area contributed by atoms with Gasteiger partial charge in [-0.05, 0) is 58.5 Å². The Kier molecular flexibility index (Phi) is 4.52. The lowest BCUT2D eigenvalue weighted by molar-refractivity contribution is 0.0992. The summed E-state index contributed by atoms with van der Waals surface area (Å²) in [6.45, 7) is 0. The molecule has 0 atom stereocenters.